The number of carbonyl (C=O) groups excluding carboxylic acids is 3. The fraction of sp³-hybridized carbons (Fsp3) is 0.423. The molecule has 0 spiro atoms. The summed E-state index contributed by atoms with van der Waals surface area (Å²) < 4.78 is 28.7. The van der Waals surface area contributed by atoms with Crippen LogP contribution in [0.5, 0.6) is 5.75 Å². The van der Waals surface area contributed by atoms with Gasteiger partial charge in [0.15, 0.2) is 21.4 Å². The number of rotatable bonds is 11. The first-order valence-electron chi connectivity index (χ1n) is 11.6. The lowest BCUT2D eigenvalue weighted by Crippen LogP contribution is -2.30. The first-order valence-corrected chi connectivity index (χ1v) is 14.1. The molecule has 188 valence electrons. The minimum Gasteiger partial charge on any atom is -0.490 e. The van der Waals surface area contributed by atoms with Crippen LogP contribution in [-0.4, -0.2) is 50.5 Å². The Morgan fingerprint density at radius 2 is 1.54 bits per heavy atom. The molecule has 9 heteroatoms. The molecule has 0 saturated heterocycles. The van der Waals surface area contributed by atoms with Gasteiger partial charge in [0.25, 0.3) is 5.91 Å². The normalized spacial score (nSPS) is 18.0. The minimum atomic E-state index is -3.30. The number of carbonyl (C=O) groups is 3. The molecule has 1 saturated carbocycles. The maximum absolute atomic E-state index is 12.5. The smallest absolute Gasteiger partial charge is 0.251 e. The van der Waals surface area contributed by atoms with Gasteiger partial charge in [-0.1, -0.05) is 11.6 Å². The molecule has 0 bridgehead atoms. The lowest BCUT2D eigenvalue weighted by molar-refractivity contribution is -0.121. The molecule has 1 aliphatic carbocycles. The lowest BCUT2D eigenvalue weighted by atomic mass is 9.85. The number of nitrogens with one attached hydrogen (secondary N) is 1. The first-order chi connectivity index (χ1) is 16.6. The number of sulfone groups is 1. The van der Waals surface area contributed by atoms with Crippen molar-refractivity contribution in [3.05, 3.63) is 64.7 Å². The van der Waals surface area contributed by atoms with Crippen molar-refractivity contribution in [3.8, 4) is 5.75 Å². The second-order valence-electron chi connectivity index (χ2n) is 8.94. The van der Waals surface area contributed by atoms with E-state index in [0.717, 1.165) is 6.26 Å². The van der Waals surface area contributed by atoms with Gasteiger partial charge in [0.1, 0.15) is 11.5 Å². The van der Waals surface area contributed by atoms with Crippen LogP contribution in [0.4, 0.5) is 0 Å². The zero-order chi connectivity index (χ0) is 25.4. The summed E-state index contributed by atoms with van der Waals surface area (Å²) in [6.07, 6.45) is 4.47. The number of halogens is 1. The van der Waals surface area contributed by atoms with Gasteiger partial charge in [0.05, 0.1) is 6.10 Å². The third-order valence-electron chi connectivity index (χ3n) is 5.99. The van der Waals surface area contributed by atoms with Crippen molar-refractivity contribution >= 4 is 38.9 Å². The Kier molecular flexibility index (Phi) is 9.46. The van der Waals surface area contributed by atoms with Gasteiger partial charge in [0, 0.05) is 41.3 Å². The van der Waals surface area contributed by atoms with E-state index >= 15 is 0 Å². The van der Waals surface area contributed by atoms with Crippen LogP contribution in [0.2, 0.25) is 5.02 Å². The predicted molar refractivity (Wildman–Crippen MR) is 135 cm³/mol. The number of benzene rings is 2. The fourth-order valence-electron chi connectivity index (χ4n) is 4.09. The van der Waals surface area contributed by atoms with Gasteiger partial charge in [-0.15, -0.1) is 0 Å². The van der Waals surface area contributed by atoms with E-state index in [0.29, 0.717) is 67.0 Å². The molecule has 7 nitrogen and oxygen atoms in total. The van der Waals surface area contributed by atoms with E-state index in [1.54, 1.807) is 48.5 Å². The topological polar surface area (TPSA) is 107 Å². The molecule has 2 aromatic carbocycles. The highest BCUT2D eigenvalue weighted by Crippen LogP contribution is 2.29. The van der Waals surface area contributed by atoms with Crippen molar-refractivity contribution in [3.63, 3.8) is 0 Å². The number of hydrogen-bond acceptors (Lipinski definition) is 6. The van der Waals surface area contributed by atoms with Crippen LogP contribution in [0.3, 0.4) is 0 Å². The number of Topliss-reactive ketones (excluding diaryl/α,β-unsaturated/α-hetero) is 2. The van der Waals surface area contributed by atoms with Crippen LogP contribution in [-0.2, 0) is 14.6 Å². The Labute approximate surface area is 211 Å². The SMILES string of the molecule is CS(=O)(=O)CC(=O)C1CCC(Oc2ccc(C(=O)CCCNC(=O)c3ccc(Cl)cc3)cc2)CC1. The summed E-state index contributed by atoms with van der Waals surface area (Å²) in [5.74, 6) is -0.388. The lowest BCUT2D eigenvalue weighted by Gasteiger charge is -2.28. The monoisotopic (exact) mass is 519 g/mol. The number of hydrogen-bond donors (Lipinski definition) is 1. The minimum absolute atomic E-state index is 0.0119. The van der Waals surface area contributed by atoms with Crippen molar-refractivity contribution in [2.24, 2.45) is 5.92 Å². The zero-order valence-electron chi connectivity index (χ0n) is 19.7. The highest BCUT2D eigenvalue weighted by Gasteiger charge is 2.28. The Morgan fingerprint density at radius 1 is 0.943 bits per heavy atom. The van der Waals surface area contributed by atoms with Crippen molar-refractivity contribution in [2.75, 3.05) is 18.6 Å². The second-order valence-corrected chi connectivity index (χ2v) is 11.5. The third kappa shape index (κ3) is 8.78. The largest absolute Gasteiger partial charge is 0.490 e. The molecule has 1 N–H and O–H groups in total. The Morgan fingerprint density at radius 3 is 2.14 bits per heavy atom. The van der Waals surface area contributed by atoms with Crippen molar-refractivity contribution in [1.29, 1.82) is 0 Å². The van der Waals surface area contributed by atoms with Gasteiger partial charge in [-0.05, 0) is 80.6 Å². The maximum Gasteiger partial charge on any atom is 0.251 e. The summed E-state index contributed by atoms with van der Waals surface area (Å²) in [5.41, 5.74) is 1.10. The van der Waals surface area contributed by atoms with Crippen LogP contribution in [0.15, 0.2) is 48.5 Å². The molecule has 0 aromatic heterocycles. The molecule has 1 amide bonds. The highest BCUT2D eigenvalue weighted by molar-refractivity contribution is 7.91. The van der Waals surface area contributed by atoms with Gasteiger partial charge in [-0.3, -0.25) is 14.4 Å². The molecule has 1 aliphatic rings. The third-order valence-corrected chi connectivity index (χ3v) is 7.05. The first kappa shape index (κ1) is 26.9. The Balaban J connectivity index is 1.38. The molecule has 0 aliphatic heterocycles. The quantitative estimate of drug-likeness (QED) is 0.350. The maximum atomic E-state index is 12.5. The molecular formula is C26H30ClNO6S. The second kappa shape index (κ2) is 12.3. The van der Waals surface area contributed by atoms with Crippen LogP contribution >= 0.6 is 11.6 Å². The number of ketones is 2. The van der Waals surface area contributed by atoms with Gasteiger partial charge >= 0.3 is 0 Å². The van der Waals surface area contributed by atoms with Crippen LogP contribution in [0.25, 0.3) is 0 Å². The van der Waals surface area contributed by atoms with Crippen molar-refractivity contribution in [1.82, 2.24) is 5.32 Å². The average Bonchev–Trinajstić information content (AvgIpc) is 2.82. The van der Waals surface area contributed by atoms with E-state index in [1.807, 2.05) is 0 Å². The summed E-state index contributed by atoms with van der Waals surface area (Å²) >= 11 is 5.82. The summed E-state index contributed by atoms with van der Waals surface area (Å²) in [7, 11) is -3.30. The summed E-state index contributed by atoms with van der Waals surface area (Å²) in [4.78, 5) is 36.6. The van der Waals surface area contributed by atoms with Crippen LogP contribution in [0, 0.1) is 5.92 Å². The van der Waals surface area contributed by atoms with Crippen LogP contribution < -0.4 is 10.1 Å². The highest BCUT2D eigenvalue weighted by atomic mass is 35.5. The van der Waals surface area contributed by atoms with Crippen molar-refractivity contribution in [2.45, 2.75) is 44.6 Å². The molecule has 0 unspecified atom stereocenters. The number of ether oxygens (including phenoxy) is 1. The van der Waals surface area contributed by atoms with E-state index in [1.165, 1.54) is 0 Å². The van der Waals surface area contributed by atoms with Crippen molar-refractivity contribution < 1.29 is 27.5 Å². The predicted octanol–water partition coefficient (Wildman–Crippen LogP) is 4.28. The summed E-state index contributed by atoms with van der Waals surface area (Å²) in [5, 5.41) is 3.36. The number of amides is 1. The zero-order valence-corrected chi connectivity index (χ0v) is 21.2. The standard InChI is InChI=1S/C26H30ClNO6S/c1-35(32,33)17-25(30)19-8-14-23(15-9-19)34-22-12-6-18(7-13-22)24(29)3-2-16-28-26(31)20-4-10-21(27)11-5-20/h4-7,10-13,19,23H,2-3,8-9,14-17H2,1H3,(H,28,31). The molecule has 3 rings (SSSR count). The van der Waals surface area contributed by atoms with E-state index in [-0.39, 0.29) is 29.5 Å². The molecule has 1 fully saturated rings. The van der Waals surface area contributed by atoms with Gasteiger partial charge in [-0.2, -0.15) is 0 Å². The molecule has 0 heterocycles. The molecule has 2 aromatic rings. The van der Waals surface area contributed by atoms with E-state index in [4.69, 9.17) is 16.3 Å². The molecular weight excluding hydrogens is 490 g/mol. The summed E-state index contributed by atoms with van der Waals surface area (Å²) in [6, 6.07) is 13.6. The van der Waals surface area contributed by atoms with Gasteiger partial charge in [0.2, 0.25) is 0 Å². The summed E-state index contributed by atoms with van der Waals surface area (Å²) in [6.45, 7) is 0.393. The van der Waals surface area contributed by atoms with E-state index < -0.39 is 15.6 Å². The van der Waals surface area contributed by atoms with Crippen LogP contribution in [0.1, 0.15) is 59.2 Å². The molecule has 35 heavy (non-hydrogen) atoms. The van der Waals surface area contributed by atoms with E-state index in [9.17, 15) is 22.8 Å². The molecule has 0 atom stereocenters. The Hall–Kier alpha value is -2.71. The molecule has 0 radical (unpaired) electrons. The fourth-order valence-corrected chi connectivity index (χ4v) is 4.97. The van der Waals surface area contributed by atoms with Gasteiger partial charge < -0.3 is 10.1 Å². The average molecular weight is 520 g/mol. The van der Waals surface area contributed by atoms with Gasteiger partial charge in [-0.25, -0.2) is 8.42 Å². The Bertz CT molecular complexity index is 1140. The van der Waals surface area contributed by atoms with E-state index in [2.05, 4.69) is 5.32 Å².